The van der Waals surface area contributed by atoms with Gasteiger partial charge in [0.15, 0.2) is 0 Å². The molecule has 0 radical (unpaired) electrons. The molecule has 0 aromatic carbocycles. The highest BCUT2D eigenvalue weighted by Crippen LogP contribution is 1.96. The van der Waals surface area contributed by atoms with Crippen LogP contribution in [0.25, 0.3) is 0 Å². The summed E-state index contributed by atoms with van der Waals surface area (Å²) in [5.74, 6) is 0.798. The normalized spacial score (nSPS) is 10.8. The second kappa shape index (κ2) is 7.01. The number of nitrogens with one attached hydrogen (secondary N) is 2. The molecule has 1 heterocycles. The van der Waals surface area contributed by atoms with Crippen molar-refractivity contribution in [1.29, 1.82) is 0 Å². The number of aryl methyl sites for hydroxylation is 1. The highest BCUT2D eigenvalue weighted by atomic mass is 16.2. The third-order valence-electron chi connectivity index (χ3n) is 2.29. The summed E-state index contributed by atoms with van der Waals surface area (Å²) in [4.78, 5) is 17.8. The lowest BCUT2D eigenvalue weighted by atomic mass is 10.3. The molecule has 0 atom stereocenters. The van der Waals surface area contributed by atoms with Gasteiger partial charge in [0, 0.05) is 13.0 Å². The van der Waals surface area contributed by atoms with Crippen LogP contribution in [0.2, 0.25) is 0 Å². The van der Waals surface area contributed by atoms with Gasteiger partial charge in [-0.15, -0.1) is 5.10 Å². The van der Waals surface area contributed by atoms with Gasteiger partial charge in [0.05, 0.1) is 0 Å². The van der Waals surface area contributed by atoms with Crippen LogP contribution >= 0.6 is 0 Å². The van der Waals surface area contributed by atoms with E-state index in [1.807, 2.05) is 14.1 Å². The first kappa shape index (κ1) is 13.6. The molecule has 17 heavy (non-hydrogen) atoms. The molecule has 0 fully saturated rings. The summed E-state index contributed by atoms with van der Waals surface area (Å²) in [7, 11) is 4.02. The second-order valence-electron chi connectivity index (χ2n) is 4.27. The average Bonchev–Trinajstić information content (AvgIpc) is 2.73. The molecule has 1 aromatic rings. The van der Waals surface area contributed by atoms with Crippen LogP contribution in [-0.4, -0.2) is 53.2 Å². The highest BCUT2D eigenvalue weighted by Gasteiger charge is 2.11. The van der Waals surface area contributed by atoms with Gasteiger partial charge in [0.1, 0.15) is 5.82 Å². The zero-order valence-corrected chi connectivity index (χ0v) is 10.8. The van der Waals surface area contributed by atoms with Gasteiger partial charge in [0.2, 0.25) is 5.82 Å². The van der Waals surface area contributed by atoms with Crippen LogP contribution in [0.4, 0.5) is 0 Å². The van der Waals surface area contributed by atoms with Crippen molar-refractivity contribution in [3.8, 4) is 0 Å². The van der Waals surface area contributed by atoms with Gasteiger partial charge < -0.3 is 10.2 Å². The molecular formula is C11H21N5O. The van der Waals surface area contributed by atoms with E-state index in [0.717, 1.165) is 31.6 Å². The third-order valence-corrected chi connectivity index (χ3v) is 2.29. The van der Waals surface area contributed by atoms with Crippen molar-refractivity contribution in [2.75, 3.05) is 27.2 Å². The summed E-state index contributed by atoms with van der Waals surface area (Å²) >= 11 is 0. The number of aromatic amines is 1. The third kappa shape index (κ3) is 4.95. The summed E-state index contributed by atoms with van der Waals surface area (Å²) in [5.41, 5.74) is 0. The molecule has 0 aliphatic heterocycles. The Kier molecular flexibility index (Phi) is 5.62. The summed E-state index contributed by atoms with van der Waals surface area (Å²) in [6.07, 6.45) is 2.73. The predicted octanol–water partition coefficient (Wildman–Crippen LogP) is 0.439. The molecule has 6 nitrogen and oxygen atoms in total. The maximum atomic E-state index is 11.6. The molecule has 6 heteroatoms. The Bertz CT molecular complexity index is 347. The molecule has 0 saturated heterocycles. The van der Waals surface area contributed by atoms with Crippen LogP contribution in [0, 0.1) is 0 Å². The van der Waals surface area contributed by atoms with Crippen molar-refractivity contribution in [2.24, 2.45) is 0 Å². The quantitative estimate of drug-likeness (QED) is 0.677. The minimum absolute atomic E-state index is 0.206. The molecular weight excluding hydrogens is 218 g/mol. The number of rotatable bonds is 7. The monoisotopic (exact) mass is 239 g/mol. The minimum Gasteiger partial charge on any atom is -0.349 e. The lowest BCUT2D eigenvalue weighted by Crippen LogP contribution is -2.28. The van der Waals surface area contributed by atoms with E-state index in [-0.39, 0.29) is 11.7 Å². The van der Waals surface area contributed by atoms with Crippen molar-refractivity contribution in [3.63, 3.8) is 0 Å². The Morgan fingerprint density at radius 1 is 1.47 bits per heavy atom. The summed E-state index contributed by atoms with van der Waals surface area (Å²) in [6.45, 7) is 3.66. The summed E-state index contributed by atoms with van der Waals surface area (Å²) in [5, 5.41) is 9.46. The van der Waals surface area contributed by atoms with E-state index in [9.17, 15) is 4.79 Å². The fourth-order valence-corrected chi connectivity index (χ4v) is 1.42. The molecule has 2 N–H and O–H groups in total. The molecule has 0 spiro atoms. The van der Waals surface area contributed by atoms with Crippen molar-refractivity contribution < 1.29 is 4.79 Å². The first-order valence-electron chi connectivity index (χ1n) is 5.97. The summed E-state index contributed by atoms with van der Waals surface area (Å²) in [6, 6.07) is 0. The van der Waals surface area contributed by atoms with Crippen LogP contribution in [0.15, 0.2) is 0 Å². The van der Waals surface area contributed by atoms with E-state index in [1.54, 1.807) is 0 Å². The number of H-pyrrole nitrogens is 1. The molecule has 0 bridgehead atoms. The van der Waals surface area contributed by atoms with Gasteiger partial charge >= 0.3 is 0 Å². The Morgan fingerprint density at radius 2 is 2.24 bits per heavy atom. The number of aromatic nitrogens is 3. The zero-order valence-electron chi connectivity index (χ0n) is 10.8. The van der Waals surface area contributed by atoms with Crippen LogP contribution in [0.1, 0.15) is 36.2 Å². The van der Waals surface area contributed by atoms with E-state index in [1.165, 1.54) is 0 Å². The number of amides is 1. The lowest BCUT2D eigenvalue weighted by Gasteiger charge is -2.08. The average molecular weight is 239 g/mol. The Morgan fingerprint density at radius 3 is 2.88 bits per heavy atom. The van der Waals surface area contributed by atoms with Gasteiger partial charge in [-0.1, -0.05) is 6.92 Å². The van der Waals surface area contributed by atoms with Gasteiger partial charge in [-0.05, 0) is 33.5 Å². The van der Waals surface area contributed by atoms with E-state index in [2.05, 4.69) is 32.3 Å². The van der Waals surface area contributed by atoms with E-state index < -0.39 is 0 Å². The minimum atomic E-state index is -0.206. The standard InChI is InChI=1S/C11H21N5O/c1-4-6-9-13-10(15-14-9)11(17)12-7-5-8-16(2)3/h4-8H2,1-3H3,(H,12,17)(H,13,14,15). The summed E-state index contributed by atoms with van der Waals surface area (Å²) < 4.78 is 0. The Labute approximate surface area is 102 Å². The van der Waals surface area contributed by atoms with Crippen LogP contribution < -0.4 is 5.32 Å². The van der Waals surface area contributed by atoms with Crippen molar-refractivity contribution in [2.45, 2.75) is 26.2 Å². The number of hydrogen-bond acceptors (Lipinski definition) is 4. The number of carbonyl (C=O) groups is 1. The van der Waals surface area contributed by atoms with E-state index in [0.29, 0.717) is 6.54 Å². The fourth-order valence-electron chi connectivity index (χ4n) is 1.42. The Hall–Kier alpha value is -1.43. The van der Waals surface area contributed by atoms with Gasteiger partial charge in [0.25, 0.3) is 5.91 Å². The predicted molar refractivity (Wildman–Crippen MR) is 65.9 cm³/mol. The van der Waals surface area contributed by atoms with E-state index >= 15 is 0 Å². The topological polar surface area (TPSA) is 73.9 Å². The Balaban J connectivity index is 2.31. The molecule has 1 amide bonds. The number of carbonyl (C=O) groups excluding carboxylic acids is 1. The molecule has 0 aliphatic rings. The first-order valence-corrected chi connectivity index (χ1v) is 5.97. The van der Waals surface area contributed by atoms with Gasteiger partial charge in [-0.3, -0.25) is 9.89 Å². The lowest BCUT2D eigenvalue weighted by molar-refractivity contribution is 0.0942. The molecule has 0 saturated carbocycles. The largest absolute Gasteiger partial charge is 0.349 e. The van der Waals surface area contributed by atoms with Crippen molar-refractivity contribution in [3.05, 3.63) is 11.6 Å². The zero-order chi connectivity index (χ0) is 12.7. The molecule has 1 rings (SSSR count). The number of hydrogen-bond donors (Lipinski definition) is 2. The fraction of sp³-hybridized carbons (Fsp3) is 0.727. The molecule has 0 aliphatic carbocycles. The molecule has 1 aromatic heterocycles. The maximum Gasteiger partial charge on any atom is 0.290 e. The second-order valence-corrected chi connectivity index (χ2v) is 4.27. The maximum absolute atomic E-state index is 11.6. The SMILES string of the molecule is CCCc1nc(C(=O)NCCCN(C)C)n[nH]1. The van der Waals surface area contributed by atoms with Crippen LogP contribution in [0.3, 0.4) is 0 Å². The first-order chi connectivity index (χ1) is 8.13. The van der Waals surface area contributed by atoms with Crippen LogP contribution in [-0.2, 0) is 6.42 Å². The molecule has 0 unspecified atom stereocenters. The molecule has 96 valence electrons. The van der Waals surface area contributed by atoms with E-state index in [4.69, 9.17) is 0 Å². The van der Waals surface area contributed by atoms with Crippen molar-refractivity contribution in [1.82, 2.24) is 25.4 Å². The van der Waals surface area contributed by atoms with Gasteiger partial charge in [-0.2, -0.15) is 0 Å². The van der Waals surface area contributed by atoms with Gasteiger partial charge in [-0.25, -0.2) is 4.98 Å². The van der Waals surface area contributed by atoms with Crippen LogP contribution in [0.5, 0.6) is 0 Å². The number of nitrogens with zero attached hydrogens (tertiary/aromatic N) is 3. The highest BCUT2D eigenvalue weighted by molar-refractivity contribution is 5.90. The smallest absolute Gasteiger partial charge is 0.290 e. The van der Waals surface area contributed by atoms with Crippen molar-refractivity contribution >= 4 is 5.91 Å².